The average Bonchev–Trinajstić information content (AvgIpc) is 2.31. The van der Waals surface area contributed by atoms with Crippen molar-refractivity contribution in [2.24, 2.45) is 5.84 Å². The average molecular weight is 222 g/mol. The third-order valence-electron chi connectivity index (χ3n) is 2.11. The van der Waals surface area contributed by atoms with Gasteiger partial charge in [-0.1, -0.05) is 12.1 Å². The van der Waals surface area contributed by atoms with Crippen LogP contribution in [0.2, 0.25) is 0 Å². The first-order chi connectivity index (χ1) is 7.81. The second-order valence-corrected chi connectivity index (χ2v) is 3.28. The zero-order chi connectivity index (χ0) is 11.8. The molecule has 0 heterocycles. The van der Waals surface area contributed by atoms with Crippen LogP contribution in [0.4, 0.5) is 0 Å². The van der Waals surface area contributed by atoms with Crippen LogP contribution in [0.15, 0.2) is 30.9 Å². The van der Waals surface area contributed by atoms with Crippen molar-refractivity contribution >= 4 is 0 Å². The Morgan fingerprint density at radius 2 is 2.25 bits per heavy atom. The number of hydrogen-bond acceptors (Lipinski definition) is 4. The molecule has 0 radical (unpaired) electrons. The first-order valence-corrected chi connectivity index (χ1v) is 5.16. The van der Waals surface area contributed by atoms with Crippen molar-refractivity contribution in [2.75, 3.05) is 20.3 Å². The minimum atomic E-state index is 0.508. The SMILES string of the molecule is C=CCc1ccc(OCCNN)c(OC)c1. The predicted octanol–water partition coefficient (Wildman–Crippen LogP) is 1.27. The third-order valence-corrected chi connectivity index (χ3v) is 2.11. The molecule has 0 bridgehead atoms. The van der Waals surface area contributed by atoms with Crippen molar-refractivity contribution in [1.29, 1.82) is 0 Å². The van der Waals surface area contributed by atoms with E-state index in [4.69, 9.17) is 15.3 Å². The highest BCUT2D eigenvalue weighted by Gasteiger charge is 2.04. The molecule has 0 atom stereocenters. The lowest BCUT2D eigenvalue weighted by Crippen LogP contribution is -2.27. The quantitative estimate of drug-likeness (QED) is 0.316. The Morgan fingerprint density at radius 3 is 2.88 bits per heavy atom. The predicted molar refractivity (Wildman–Crippen MR) is 64.6 cm³/mol. The lowest BCUT2D eigenvalue weighted by atomic mass is 10.1. The number of benzene rings is 1. The molecular weight excluding hydrogens is 204 g/mol. The van der Waals surface area contributed by atoms with E-state index < -0.39 is 0 Å². The monoisotopic (exact) mass is 222 g/mol. The normalized spacial score (nSPS) is 9.88. The van der Waals surface area contributed by atoms with Gasteiger partial charge in [0.05, 0.1) is 7.11 Å². The van der Waals surface area contributed by atoms with Crippen molar-refractivity contribution < 1.29 is 9.47 Å². The molecule has 0 unspecified atom stereocenters. The molecule has 0 aliphatic heterocycles. The standard InChI is InChI=1S/C12H18N2O2/c1-3-4-10-5-6-11(12(9-10)15-2)16-8-7-14-13/h3,5-6,9,14H,1,4,7-8,13H2,2H3. The number of ether oxygens (including phenoxy) is 2. The molecule has 4 heteroatoms. The minimum absolute atomic E-state index is 0.508. The maximum atomic E-state index is 5.51. The highest BCUT2D eigenvalue weighted by atomic mass is 16.5. The number of rotatable bonds is 7. The molecule has 4 nitrogen and oxygen atoms in total. The molecule has 88 valence electrons. The van der Waals surface area contributed by atoms with Crippen LogP contribution in [0.1, 0.15) is 5.56 Å². The van der Waals surface area contributed by atoms with Crippen molar-refractivity contribution in [3.63, 3.8) is 0 Å². The van der Waals surface area contributed by atoms with Gasteiger partial charge in [0.1, 0.15) is 6.61 Å². The summed E-state index contributed by atoms with van der Waals surface area (Å²) in [7, 11) is 1.63. The molecule has 0 fully saturated rings. The Hall–Kier alpha value is -1.52. The van der Waals surface area contributed by atoms with Gasteiger partial charge in [-0.05, 0) is 24.1 Å². The van der Waals surface area contributed by atoms with E-state index in [9.17, 15) is 0 Å². The number of hydrogen-bond donors (Lipinski definition) is 2. The summed E-state index contributed by atoms with van der Waals surface area (Å²) < 4.78 is 10.8. The molecule has 1 aromatic carbocycles. The Kier molecular flexibility index (Phi) is 5.39. The van der Waals surface area contributed by atoms with Crippen LogP contribution in [-0.2, 0) is 6.42 Å². The van der Waals surface area contributed by atoms with Crippen molar-refractivity contribution in [1.82, 2.24) is 5.43 Å². The van der Waals surface area contributed by atoms with Crippen LogP contribution < -0.4 is 20.7 Å². The summed E-state index contributed by atoms with van der Waals surface area (Å²) in [5, 5.41) is 0. The minimum Gasteiger partial charge on any atom is -0.493 e. The van der Waals surface area contributed by atoms with Crippen LogP contribution in [0.3, 0.4) is 0 Å². The molecule has 0 aliphatic rings. The fraction of sp³-hybridized carbons (Fsp3) is 0.333. The first kappa shape index (κ1) is 12.5. The number of allylic oxidation sites excluding steroid dienone is 1. The van der Waals surface area contributed by atoms with Gasteiger partial charge in [-0.2, -0.15) is 0 Å². The molecule has 0 amide bonds. The van der Waals surface area contributed by atoms with Gasteiger partial charge in [0.2, 0.25) is 0 Å². The van der Waals surface area contributed by atoms with Gasteiger partial charge in [0, 0.05) is 6.54 Å². The van der Waals surface area contributed by atoms with Gasteiger partial charge >= 0.3 is 0 Å². The van der Waals surface area contributed by atoms with E-state index in [1.54, 1.807) is 7.11 Å². The number of nitrogens with one attached hydrogen (secondary N) is 1. The maximum absolute atomic E-state index is 5.51. The second kappa shape index (κ2) is 6.87. The summed E-state index contributed by atoms with van der Waals surface area (Å²) in [6, 6.07) is 5.84. The Morgan fingerprint density at radius 1 is 1.44 bits per heavy atom. The van der Waals surface area contributed by atoms with Crippen molar-refractivity contribution in [3.05, 3.63) is 36.4 Å². The van der Waals surface area contributed by atoms with E-state index in [1.165, 1.54) is 0 Å². The molecule has 16 heavy (non-hydrogen) atoms. The van der Waals surface area contributed by atoms with Crippen molar-refractivity contribution in [3.8, 4) is 11.5 Å². The third kappa shape index (κ3) is 3.56. The smallest absolute Gasteiger partial charge is 0.161 e. The largest absolute Gasteiger partial charge is 0.493 e. The Labute approximate surface area is 96.0 Å². The summed E-state index contributed by atoms with van der Waals surface area (Å²) >= 11 is 0. The van der Waals surface area contributed by atoms with E-state index in [1.807, 2.05) is 24.3 Å². The van der Waals surface area contributed by atoms with E-state index >= 15 is 0 Å². The Balaban J connectivity index is 2.72. The molecular formula is C12H18N2O2. The molecule has 1 rings (SSSR count). The highest BCUT2D eigenvalue weighted by molar-refractivity contribution is 5.43. The summed E-state index contributed by atoms with van der Waals surface area (Å²) in [5.41, 5.74) is 3.68. The Bertz CT molecular complexity index is 340. The molecule has 0 aromatic heterocycles. The topological polar surface area (TPSA) is 56.5 Å². The van der Waals surface area contributed by atoms with Crippen LogP contribution >= 0.6 is 0 Å². The number of hydrazine groups is 1. The van der Waals surface area contributed by atoms with Gasteiger partial charge < -0.3 is 9.47 Å². The van der Waals surface area contributed by atoms with Crippen LogP contribution in [-0.4, -0.2) is 20.3 Å². The zero-order valence-corrected chi connectivity index (χ0v) is 9.53. The lowest BCUT2D eigenvalue weighted by Gasteiger charge is -2.11. The summed E-state index contributed by atoms with van der Waals surface area (Å²) in [6.07, 6.45) is 2.68. The van der Waals surface area contributed by atoms with Gasteiger partial charge in [-0.3, -0.25) is 11.3 Å². The highest BCUT2D eigenvalue weighted by Crippen LogP contribution is 2.28. The van der Waals surface area contributed by atoms with Crippen LogP contribution in [0, 0.1) is 0 Å². The maximum Gasteiger partial charge on any atom is 0.161 e. The van der Waals surface area contributed by atoms with E-state index in [0.29, 0.717) is 13.2 Å². The summed E-state index contributed by atoms with van der Waals surface area (Å²) in [4.78, 5) is 0. The molecule has 1 aromatic rings. The zero-order valence-electron chi connectivity index (χ0n) is 9.53. The van der Waals surface area contributed by atoms with E-state index in [2.05, 4.69) is 12.0 Å². The number of nitrogens with two attached hydrogens (primary N) is 1. The molecule has 0 spiro atoms. The molecule has 0 saturated heterocycles. The van der Waals surface area contributed by atoms with Gasteiger partial charge in [0.25, 0.3) is 0 Å². The lowest BCUT2D eigenvalue weighted by molar-refractivity contribution is 0.293. The van der Waals surface area contributed by atoms with Gasteiger partial charge in [0.15, 0.2) is 11.5 Å². The molecule has 3 N–H and O–H groups in total. The summed E-state index contributed by atoms with van der Waals surface area (Å²) in [5.74, 6) is 6.61. The van der Waals surface area contributed by atoms with Crippen molar-refractivity contribution in [2.45, 2.75) is 6.42 Å². The summed E-state index contributed by atoms with van der Waals surface area (Å²) in [6.45, 7) is 4.80. The number of methoxy groups -OCH3 is 1. The molecule has 0 aliphatic carbocycles. The van der Waals surface area contributed by atoms with Crippen LogP contribution in [0.25, 0.3) is 0 Å². The van der Waals surface area contributed by atoms with E-state index in [-0.39, 0.29) is 0 Å². The van der Waals surface area contributed by atoms with Crippen LogP contribution in [0.5, 0.6) is 11.5 Å². The van der Waals surface area contributed by atoms with E-state index in [0.717, 1.165) is 23.5 Å². The molecule has 0 saturated carbocycles. The fourth-order valence-corrected chi connectivity index (χ4v) is 1.34. The second-order valence-electron chi connectivity index (χ2n) is 3.28. The van der Waals surface area contributed by atoms with Gasteiger partial charge in [-0.15, -0.1) is 6.58 Å². The first-order valence-electron chi connectivity index (χ1n) is 5.16. The van der Waals surface area contributed by atoms with Gasteiger partial charge in [-0.25, -0.2) is 0 Å². The fourth-order valence-electron chi connectivity index (χ4n) is 1.34.